The minimum Gasteiger partial charge on any atom is -0.319 e. The number of hydrogen-bond acceptors (Lipinski definition) is 3. The summed E-state index contributed by atoms with van der Waals surface area (Å²) in [6.07, 6.45) is 5.11. The fourth-order valence-electron chi connectivity index (χ4n) is 1.74. The maximum atomic E-state index is 4.24. The summed E-state index contributed by atoms with van der Waals surface area (Å²) in [5.74, 6) is 1.76. The van der Waals surface area contributed by atoms with Crippen LogP contribution in [0.4, 0.5) is 0 Å². The highest BCUT2D eigenvalue weighted by atomic mass is 15.3. The van der Waals surface area contributed by atoms with Crippen molar-refractivity contribution >= 4 is 0 Å². The summed E-state index contributed by atoms with van der Waals surface area (Å²) in [5.41, 5.74) is 0. The van der Waals surface area contributed by atoms with E-state index in [1.54, 1.807) is 6.33 Å². The molecule has 1 aromatic rings. The van der Waals surface area contributed by atoms with Gasteiger partial charge in [-0.05, 0) is 25.9 Å². The van der Waals surface area contributed by atoms with Crippen molar-refractivity contribution in [3.8, 4) is 0 Å². The zero-order valence-electron chi connectivity index (χ0n) is 9.32. The molecule has 1 N–H and O–H groups in total. The van der Waals surface area contributed by atoms with Crippen molar-refractivity contribution in [1.29, 1.82) is 0 Å². The second kappa shape index (κ2) is 5.75. The number of aryl methyl sites for hydroxylation is 1. The third-order valence-electron chi connectivity index (χ3n) is 2.47. The van der Waals surface area contributed by atoms with Gasteiger partial charge in [0.25, 0.3) is 0 Å². The van der Waals surface area contributed by atoms with Crippen LogP contribution in [0.2, 0.25) is 0 Å². The predicted octanol–water partition coefficient (Wildman–Crippen LogP) is 0.993. The number of hydrogen-bond donors (Lipinski definition) is 1. The van der Waals surface area contributed by atoms with Gasteiger partial charge < -0.3 is 5.32 Å². The normalized spacial score (nSPS) is 13.1. The summed E-state index contributed by atoms with van der Waals surface area (Å²) in [7, 11) is 3.95. The van der Waals surface area contributed by atoms with Crippen LogP contribution in [0.1, 0.15) is 25.6 Å². The van der Waals surface area contributed by atoms with Gasteiger partial charge in [0.05, 0.1) is 0 Å². The Morgan fingerprint density at radius 1 is 1.57 bits per heavy atom. The number of rotatable bonds is 6. The second-order valence-electron chi connectivity index (χ2n) is 3.72. The Kier molecular flexibility index (Phi) is 4.59. The number of aromatic nitrogens is 3. The van der Waals surface area contributed by atoms with Gasteiger partial charge in [-0.25, -0.2) is 4.98 Å². The van der Waals surface area contributed by atoms with E-state index in [1.807, 2.05) is 18.8 Å². The molecule has 1 rings (SSSR count). The van der Waals surface area contributed by atoms with Gasteiger partial charge in [-0.2, -0.15) is 5.10 Å². The molecule has 80 valence electrons. The Hall–Kier alpha value is -0.900. The molecule has 14 heavy (non-hydrogen) atoms. The highest BCUT2D eigenvalue weighted by Gasteiger charge is 2.10. The molecule has 0 radical (unpaired) electrons. The molecule has 0 saturated heterocycles. The molecule has 1 aromatic heterocycles. The van der Waals surface area contributed by atoms with Gasteiger partial charge in [-0.1, -0.05) is 13.3 Å². The van der Waals surface area contributed by atoms with Gasteiger partial charge in [0.15, 0.2) is 0 Å². The smallest absolute Gasteiger partial charge is 0.138 e. The van der Waals surface area contributed by atoms with E-state index in [4.69, 9.17) is 0 Å². The number of nitrogens with one attached hydrogen (secondary N) is 1. The van der Waals surface area contributed by atoms with E-state index in [2.05, 4.69) is 22.3 Å². The molecule has 0 saturated carbocycles. The zero-order valence-corrected chi connectivity index (χ0v) is 9.32. The lowest BCUT2D eigenvalue weighted by Crippen LogP contribution is -2.22. The molecule has 0 aliphatic carbocycles. The molecule has 1 heterocycles. The lowest BCUT2D eigenvalue weighted by molar-refractivity contribution is 0.439. The van der Waals surface area contributed by atoms with Gasteiger partial charge in [-0.15, -0.1) is 0 Å². The molecule has 1 unspecified atom stereocenters. The molecule has 0 amide bonds. The lowest BCUT2D eigenvalue weighted by atomic mass is 9.99. The minimum absolute atomic E-state index is 0.674. The zero-order chi connectivity index (χ0) is 10.4. The van der Waals surface area contributed by atoms with Gasteiger partial charge in [0.1, 0.15) is 12.2 Å². The maximum Gasteiger partial charge on any atom is 0.138 e. The fourth-order valence-corrected chi connectivity index (χ4v) is 1.74. The lowest BCUT2D eigenvalue weighted by Gasteiger charge is -2.14. The van der Waals surface area contributed by atoms with Crippen molar-refractivity contribution in [1.82, 2.24) is 20.1 Å². The second-order valence-corrected chi connectivity index (χ2v) is 3.72. The van der Waals surface area contributed by atoms with Crippen LogP contribution in [0.5, 0.6) is 0 Å². The SMILES string of the molecule is CCCC(CNC)Cc1ncnn1C. The summed E-state index contributed by atoms with van der Waals surface area (Å²) >= 11 is 0. The van der Waals surface area contributed by atoms with E-state index in [0.29, 0.717) is 5.92 Å². The average molecular weight is 196 g/mol. The first-order valence-electron chi connectivity index (χ1n) is 5.25. The van der Waals surface area contributed by atoms with E-state index < -0.39 is 0 Å². The minimum atomic E-state index is 0.674. The highest BCUT2D eigenvalue weighted by molar-refractivity contribution is 4.86. The van der Waals surface area contributed by atoms with Crippen molar-refractivity contribution in [2.24, 2.45) is 13.0 Å². The van der Waals surface area contributed by atoms with E-state index in [0.717, 1.165) is 18.8 Å². The van der Waals surface area contributed by atoms with Crippen molar-refractivity contribution in [3.63, 3.8) is 0 Å². The molecule has 4 heteroatoms. The first-order valence-corrected chi connectivity index (χ1v) is 5.25. The molecule has 1 atom stereocenters. The monoisotopic (exact) mass is 196 g/mol. The van der Waals surface area contributed by atoms with Gasteiger partial charge >= 0.3 is 0 Å². The maximum absolute atomic E-state index is 4.24. The Balaban J connectivity index is 2.50. The summed E-state index contributed by atoms with van der Waals surface area (Å²) in [4.78, 5) is 4.24. The number of nitrogens with zero attached hydrogens (tertiary/aromatic N) is 3. The first-order chi connectivity index (χ1) is 6.77. The molecule has 0 spiro atoms. The third kappa shape index (κ3) is 3.10. The molecule has 4 nitrogen and oxygen atoms in total. The Morgan fingerprint density at radius 2 is 2.36 bits per heavy atom. The Bertz CT molecular complexity index is 250. The van der Waals surface area contributed by atoms with Crippen LogP contribution >= 0.6 is 0 Å². The Labute approximate surface area is 85.7 Å². The van der Waals surface area contributed by atoms with Gasteiger partial charge in [-0.3, -0.25) is 4.68 Å². The van der Waals surface area contributed by atoms with Gasteiger partial charge in [0, 0.05) is 13.5 Å². The van der Waals surface area contributed by atoms with Crippen molar-refractivity contribution in [3.05, 3.63) is 12.2 Å². The standard InChI is InChI=1S/C10H20N4/c1-4-5-9(7-11-2)6-10-12-8-13-14(10)3/h8-9,11H,4-7H2,1-3H3. The van der Waals surface area contributed by atoms with E-state index >= 15 is 0 Å². The van der Waals surface area contributed by atoms with Crippen LogP contribution in [0.25, 0.3) is 0 Å². The molecule has 0 aromatic carbocycles. The van der Waals surface area contributed by atoms with Crippen LogP contribution < -0.4 is 5.32 Å². The van der Waals surface area contributed by atoms with Crippen molar-refractivity contribution in [2.75, 3.05) is 13.6 Å². The van der Waals surface area contributed by atoms with Crippen LogP contribution in [-0.4, -0.2) is 28.4 Å². The van der Waals surface area contributed by atoms with E-state index in [-0.39, 0.29) is 0 Å². The molecule has 0 aliphatic rings. The molecular formula is C10H20N4. The van der Waals surface area contributed by atoms with Gasteiger partial charge in [0.2, 0.25) is 0 Å². The van der Waals surface area contributed by atoms with Crippen LogP contribution in [0, 0.1) is 5.92 Å². The quantitative estimate of drug-likeness (QED) is 0.738. The largest absolute Gasteiger partial charge is 0.319 e. The fraction of sp³-hybridized carbons (Fsp3) is 0.800. The topological polar surface area (TPSA) is 42.7 Å². The predicted molar refractivity (Wildman–Crippen MR) is 57.0 cm³/mol. The average Bonchev–Trinajstić information content (AvgIpc) is 2.53. The molecule has 0 aliphatic heterocycles. The van der Waals surface area contributed by atoms with E-state index in [1.165, 1.54) is 12.8 Å². The molecule has 0 bridgehead atoms. The van der Waals surface area contributed by atoms with E-state index in [9.17, 15) is 0 Å². The van der Waals surface area contributed by atoms with Crippen LogP contribution in [0.15, 0.2) is 6.33 Å². The first kappa shape index (κ1) is 11.2. The third-order valence-corrected chi connectivity index (χ3v) is 2.47. The summed E-state index contributed by atoms with van der Waals surface area (Å²) < 4.78 is 1.86. The summed E-state index contributed by atoms with van der Waals surface area (Å²) in [6.45, 7) is 3.28. The molecular weight excluding hydrogens is 176 g/mol. The molecule has 0 fully saturated rings. The highest BCUT2D eigenvalue weighted by Crippen LogP contribution is 2.10. The van der Waals surface area contributed by atoms with Crippen LogP contribution in [-0.2, 0) is 13.5 Å². The van der Waals surface area contributed by atoms with Crippen molar-refractivity contribution in [2.45, 2.75) is 26.2 Å². The van der Waals surface area contributed by atoms with Crippen LogP contribution in [0.3, 0.4) is 0 Å². The Morgan fingerprint density at radius 3 is 2.86 bits per heavy atom. The van der Waals surface area contributed by atoms with Crippen molar-refractivity contribution < 1.29 is 0 Å². The summed E-state index contributed by atoms with van der Waals surface area (Å²) in [6, 6.07) is 0. The summed E-state index contributed by atoms with van der Waals surface area (Å²) in [5, 5.41) is 7.30.